The third kappa shape index (κ3) is 10.2. The van der Waals surface area contributed by atoms with Gasteiger partial charge >= 0.3 is 285 Å². The van der Waals surface area contributed by atoms with Crippen LogP contribution in [0.25, 0.3) is 0 Å². The van der Waals surface area contributed by atoms with Gasteiger partial charge in [-0.15, -0.1) is 0 Å². The Balaban J connectivity index is 1.51. The zero-order valence-corrected chi connectivity index (χ0v) is 32.0. The minimum absolute atomic E-state index is 1.20. The first-order chi connectivity index (χ1) is 18.1. The molecule has 0 heterocycles. The topological polar surface area (TPSA) is 0 Å². The van der Waals surface area contributed by atoms with Gasteiger partial charge in [0.2, 0.25) is 0 Å². The van der Waals surface area contributed by atoms with Gasteiger partial charge in [-0.3, -0.25) is 0 Å². The molecule has 0 nitrogen and oxygen atoms in total. The van der Waals surface area contributed by atoms with Crippen molar-refractivity contribution in [2.45, 2.75) is 37.5 Å². The summed E-state index contributed by atoms with van der Waals surface area (Å²) in [5.41, 5.74) is 5.95. The first-order valence-corrected chi connectivity index (χ1v) is 29.9. The molecule has 0 aliphatic carbocycles. The van der Waals surface area contributed by atoms with E-state index < -0.39 is 3.78 Å². The fourth-order valence-electron chi connectivity index (χ4n) is 5.26. The van der Waals surface area contributed by atoms with E-state index >= 15 is 0 Å². The van der Waals surface area contributed by atoms with Gasteiger partial charge in [-0.1, -0.05) is 0 Å². The molecule has 0 N–H and O–H groups in total. The Bertz CT molecular complexity index is 1090. The second-order valence-corrected chi connectivity index (χ2v) is 60.0. The predicted octanol–water partition coefficient (Wildman–Crippen LogP) is 13.1. The van der Waals surface area contributed by atoms with Crippen LogP contribution in [0.3, 0.4) is 0 Å². The van der Waals surface area contributed by atoms with Crippen LogP contribution in [0.5, 0.6) is 0 Å². The molecule has 4 aromatic carbocycles. The molecule has 6 heteroatoms. The fourth-order valence-corrected chi connectivity index (χ4v) is 25.5. The molecule has 0 aliphatic heterocycles. The van der Waals surface area contributed by atoms with Gasteiger partial charge in [0, 0.05) is 0 Å². The quantitative estimate of drug-likeness (QED) is 0.0711. The summed E-state index contributed by atoms with van der Waals surface area (Å²) in [7, 11) is 0. The van der Waals surface area contributed by atoms with Crippen molar-refractivity contribution in [1.29, 1.82) is 0 Å². The molecule has 0 bridgehead atoms. The fraction of sp³-hybridized carbons (Fsp3) is 0.250. The summed E-state index contributed by atoms with van der Waals surface area (Å²) in [6, 6.07) is 44.7. The van der Waals surface area contributed by atoms with Crippen molar-refractivity contribution in [2.24, 2.45) is 0 Å². The zero-order chi connectivity index (χ0) is 27.0. The molecule has 0 saturated heterocycles. The van der Waals surface area contributed by atoms with Gasteiger partial charge in [0.25, 0.3) is 0 Å². The Morgan fingerprint density at radius 3 is 0.763 bits per heavy atom. The maximum absolute atomic E-state index is 2.94. The van der Waals surface area contributed by atoms with E-state index in [9.17, 15) is 0 Å². The van der Waals surface area contributed by atoms with Crippen LogP contribution in [-0.4, -0.2) is 12.3 Å². The van der Waals surface area contributed by atoms with Crippen molar-refractivity contribution in [3.05, 3.63) is 144 Å². The molecule has 0 fully saturated rings. The van der Waals surface area contributed by atoms with E-state index in [0.717, 1.165) is 0 Å². The van der Waals surface area contributed by atoms with E-state index in [1.165, 1.54) is 72.1 Å². The molecular formula is C32H36I4P2. The number of rotatable bonds is 13. The summed E-state index contributed by atoms with van der Waals surface area (Å²) in [6.45, 7) is 0. The second kappa shape index (κ2) is 13.8. The molecule has 202 valence electrons. The molecule has 0 saturated carbocycles. The van der Waals surface area contributed by atoms with Crippen LogP contribution in [0.4, 0.5) is 0 Å². The second-order valence-electron chi connectivity index (χ2n) is 10.6. The Labute approximate surface area is 281 Å². The molecule has 0 atom stereocenters. The van der Waals surface area contributed by atoms with Crippen LogP contribution in [-0.2, 0) is 24.6 Å². The molecule has 0 radical (unpaired) electrons. The van der Waals surface area contributed by atoms with E-state index in [4.69, 9.17) is 0 Å². The molecule has 38 heavy (non-hydrogen) atoms. The molecule has 0 spiro atoms. The third-order valence-corrected chi connectivity index (χ3v) is 27.8. The Hall–Kier alpha value is 0.660. The van der Waals surface area contributed by atoms with Gasteiger partial charge < -0.3 is 0 Å². The molecule has 0 aliphatic rings. The van der Waals surface area contributed by atoms with Gasteiger partial charge in [0.15, 0.2) is 0 Å². The summed E-state index contributed by atoms with van der Waals surface area (Å²) in [4.78, 5) is 0. The van der Waals surface area contributed by atoms with Crippen molar-refractivity contribution in [3.63, 3.8) is 0 Å². The number of hydrogen-bond donors (Lipinski definition) is 0. The molecule has 0 amide bonds. The van der Waals surface area contributed by atoms with Crippen molar-refractivity contribution < 1.29 is 0 Å². The number of hydrogen-bond acceptors (Lipinski definition) is 0. The number of benzene rings is 4. The number of unbranched alkanes of at least 4 members (excludes halogenated alkanes) is 1. The van der Waals surface area contributed by atoms with Gasteiger partial charge in [0.1, 0.15) is 0 Å². The van der Waals surface area contributed by atoms with Crippen LogP contribution in [0.1, 0.15) is 35.1 Å². The monoisotopic (exact) mass is 990 g/mol. The van der Waals surface area contributed by atoms with Crippen LogP contribution >= 0.6 is 91.9 Å². The molecule has 4 rings (SSSR count). The Kier molecular flexibility index (Phi) is 11.4. The summed E-state index contributed by atoms with van der Waals surface area (Å²) < 4.78 is -4.09. The molecule has 0 unspecified atom stereocenters. The van der Waals surface area contributed by atoms with E-state index in [1.54, 1.807) is 0 Å². The maximum atomic E-state index is 2.94. The van der Waals surface area contributed by atoms with E-state index in [-0.39, 0.29) is 0 Å². The summed E-state index contributed by atoms with van der Waals surface area (Å²) in [5, 5.41) is 0. The first kappa shape index (κ1) is 31.6. The molecular weight excluding hydrogens is 954 g/mol. The molecule has 0 aromatic heterocycles. The Morgan fingerprint density at radius 2 is 0.553 bits per heavy atom. The van der Waals surface area contributed by atoms with Crippen molar-refractivity contribution in [1.82, 2.24) is 0 Å². The van der Waals surface area contributed by atoms with Gasteiger partial charge in [-0.05, 0) is 0 Å². The first-order valence-electron chi connectivity index (χ1n) is 13.1. The standard InChI is InChI=1S/C32H36I4P2/c33-37(34,25-29-15-5-1-6-16-29,26-30-17-7-2-8-18-30)23-13-14-24-38(35,36,27-31-19-9-3-10-20-31)28-32-21-11-4-12-22-32/h1-12,15-22H,13-14,23-28H2. The van der Waals surface area contributed by atoms with E-state index in [1.807, 2.05) is 0 Å². The Morgan fingerprint density at radius 1 is 0.342 bits per heavy atom. The van der Waals surface area contributed by atoms with Crippen LogP contribution < -0.4 is 0 Å². The summed E-state index contributed by atoms with van der Waals surface area (Å²) in [5.74, 6) is 0. The van der Waals surface area contributed by atoms with Gasteiger partial charge in [-0.25, -0.2) is 0 Å². The average Bonchev–Trinajstić information content (AvgIpc) is 2.88. The van der Waals surface area contributed by atoms with Crippen LogP contribution in [0, 0.1) is 0 Å². The van der Waals surface area contributed by atoms with Crippen molar-refractivity contribution in [2.75, 3.05) is 12.3 Å². The SMILES string of the molecule is IP(I)(CCCCP(I)(I)(Cc1ccccc1)Cc1ccccc1)(Cc1ccccc1)Cc1ccccc1. The molecule has 4 aromatic rings. The van der Waals surface area contributed by atoms with Crippen LogP contribution in [0.15, 0.2) is 121 Å². The van der Waals surface area contributed by atoms with E-state index in [0.29, 0.717) is 0 Å². The third-order valence-electron chi connectivity index (χ3n) is 7.01. The van der Waals surface area contributed by atoms with E-state index in [2.05, 4.69) is 209 Å². The van der Waals surface area contributed by atoms with Gasteiger partial charge in [-0.2, -0.15) is 0 Å². The summed E-state index contributed by atoms with van der Waals surface area (Å²) >= 11 is 11.8. The summed E-state index contributed by atoms with van der Waals surface area (Å²) in [6.07, 6.45) is 10.1. The normalized spacial score (nSPS) is 14.2. The predicted molar refractivity (Wildman–Crippen MR) is 209 cm³/mol. The van der Waals surface area contributed by atoms with Gasteiger partial charge in [0.05, 0.1) is 0 Å². The van der Waals surface area contributed by atoms with Crippen LogP contribution in [0.2, 0.25) is 0 Å². The van der Waals surface area contributed by atoms with Crippen molar-refractivity contribution >= 4 is 91.9 Å². The average molecular weight is 990 g/mol. The zero-order valence-electron chi connectivity index (χ0n) is 21.6. The number of halogens is 4. The minimum atomic E-state index is -2.05. The van der Waals surface area contributed by atoms with Crippen molar-refractivity contribution in [3.8, 4) is 0 Å².